The first kappa shape index (κ1) is 19.2. The Hall–Kier alpha value is -0.840. The predicted molar refractivity (Wildman–Crippen MR) is 82.7 cm³/mol. The third-order valence-corrected chi connectivity index (χ3v) is 2.51. The van der Waals surface area contributed by atoms with Crippen LogP contribution in [0.25, 0.3) is 0 Å². The van der Waals surface area contributed by atoms with Gasteiger partial charge in [-0.3, -0.25) is 0 Å². The van der Waals surface area contributed by atoms with E-state index in [2.05, 4.69) is 6.58 Å². The molecular weight excluding hydrogens is 267 g/mol. The van der Waals surface area contributed by atoms with Crippen LogP contribution >= 0.6 is 0 Å². The van der Waals surface area contributed by atoms with E-state index in [4.69, 9.17) is 14.2 Å². The Balaban J connectivity index is 0.00000361. The Kier molecular flexibility index (Phi) is 9.55. The van der Waals surface area contributed by atoms with Crippen LogP contribution in [0.2, 0.25) is 0 Å². The van der Waals surface area contributed by atoms with Gasteiger partial charge in [-0.1, -0.05) is 6.08 Å². The van der Waals surface area contributed by atoms with Gasteiger partial charge in [0, 0.05) is 11.6 Å². The summed E-state index contributed by atoms with van der Waals surface area (Å²) in [6.45, 7) is 10.8. The Labute approximate surface area is 143 Å². The van der Waals surface area contributed by atoms with Crippen molar-refractivity contribution in [2.75, 3.05) is 19.8 Å². The molecule has 0 aliphatic heterocycles. The normalized spacial score (nSPS) is 9.55. The first-order chi connectivity index (χ1) is 9.19. The topological polar surface area (TPSA) is 47.9 Å². The number of rotatable bonds is 8. The van der Waals surface area contributed by atoms with Gasteiger partial charge in [0.1, 0.15) is 5.75 Å². The summed E-state index contributed by atoms with van der Waals surface area (Å²) >= 11 is 0. The second-order valence-electron chi connectivity index (χ2n) is 3.82. The van der Waals surface area contributed by atoms with Crippen molar-refractivity contribution in [3.05, 3.63) is 24.3 Å². The molecule has 0 aliphatic rings. The Morgan fingerprint density at radius 3 is 2.10 bits per heavy atom. The molecular formula is C15H23NaO4. The van der Waals surface area contributed by atoms with Crippen LogP contribution in [0.5, 0.6) is 23.0 Å². The molecule has 0 atom stereocenters. The number of hydrogen-bond acceptors (Lipinski definition) is 4. The van der Waals surface area contributed by atoms with E-state index >= 15 is 0 Å². The molecule has 0 aliphatic carbocycles. The molecule has 0 bridgehead atoms. The van der Waals surface area contributed by atoms with Crippen molar-refractivity contribution >= 4 is 29.6 Å². The Morgan fingerprint density at radius 1 is 1.05 bits per heavy atom. The van der Waals surface area contributed by atoms with E-state index in [1.54, 1.807) is 12.1 Å². The molecule has 0 saturated carbocycles. The molecule has 20 heavy (non-hydrogen) atoms. The average molecular weight is 290 g/mol. The van der Waals surface area contributed by atoms with Gasteiger partial charge in [-0.2, -0.15) is 0 Å². The molecule has 108 valence electrons. The zero-order valence-electron chi connectivity index (χ0n) is 11.9. The van der Waals surface area contributed by atoms with Gasteiger partial charge < -0.3 is 19.3 Å². The quantitative estimate of drug-likeness (QED) is 0.590. The van der Waals surface area contributed by atoms with Crippen LogP contribution in [0.1, 0.15) is 26.3 Å². The van der Waals surface area contributed by atoms with E-state index < -0.39 is 0 Å². The van der Waals surface area contributed by atoms with Crippen LogP contribution in [-0.4, -0.2) is 54.5 Å². The van der Waals surface area contributed by atoms with E-state index in [0.29, 0.717) is 49.1 Å². The zero-order valence-corrected chi connectivity index (χ0v) is 11.9. The summed E-state index contributed by atoms with van der Waals surface area (Å²) in [6.07, 6.45) is 2.22. The predicted octanol–water partition coefficient (Wildman–Crippen LogP) is 2.67. The summed E-state index contributed by atoms with van der Waals surface area (Å²) in [4.78, 5) is 0. The number of aromatic hydroxyl groups is 1. The summed E-state index contributed by atoms with van der Waals surface area (Å²) in [5.74, 6) is 1.71. The Bertz CT molecular complexity index is 432. The van der Waals surface area contributed by atoms with Gasteiger partial charge in [0.2, 0.25) is 5.75 Å². The molecule has 5 heteroatoms. The Morgan fingerprint density at radius 2 is 1.60 bits per heavy atom. The van der Waals surface area contributed by atoms with Crippen LogP contribution in [0, 0.1) is 0 Å². The summed E-state index contributed by atoms with van der Waals surface area (Å²) in [7, 11) is 0. The maximum absolute atomic E-state index is 10.1. The second kappa shape index (κ2) is 9.97. The molecule has 0 unspecified atom stereocenters. The number of phenolic OH excluding ortho intramolecular Hbond substituents is 1. The van der Waals surface area contributed by atoms with Crippen molar-refractivity contribution in [3.8, 4) is 23.0 Å². The van der Waals surface area contributed by atoms with Crippen molar-refractivity contribution in [2.24, 2.45) is 0 Å². The van der Waals surface area contributed by atoms with E-state index in [1.165, 1.54) is 0 Å². The SMILES string of the molecule is C=CCc1c(O)cc(OCC)c(OCC)c1OCC.[NaH]. The number of ether oxygens (including phenoxy) is 3. The molecule has 0 radical (unpaired) electrons. The fourth-order valence-electron chi connectivity index (χ4n) is 1.82. The molecule has 0 spiro atoms. The minimum atomic E-state index is 0. The summed E-state index contributed by atoms with van der Waals surface area (Å²) < 4.78 is 16.7. The van der Waals surface area contributed by atoms with Crippen molar-refractivity contribution in [2.45, 2.75) is 27.2 Å². The summed E-state index contributed by atoms with van der Waals surface area (Å²) in [6, 6.07) is 1.57. The van der Waals surface area contributed by atoms with Gasteiger partial charge >= 0.3 is 29.6 Å². The number of allylic oxidation sites excluding steroid dienone is 1. The van der Waals surface area contributed by atoms with Crippen molar-refractivity contribution in [1.29, 1.82) is 0 Å². The van der Waals surface area contributed by atoms with Gasteiger partial charge in [-0.25, -0.2) is 0 Å². The van der Waals surface area contributed by atoms with E-state index in [9.17, 15) is 5.11 Å². The molecule has 1 aromatic rings. The molecule has 1 rings (SSSR count). The second-order valence-corrected chi connectivity index (χ2v) is 3.82. The standard InChI is InChI=1S/C15H22O4.Na.H/c1-5-9-11-12(16)10-13(17-6-2)15(19-8-4)14(11)18-7-3;;/h5,10,16H,1,6-9H2,2-4H3;;. The molecule has 0 aromatic heterocycles. The fraction of sp³-hybridized carbons (Fsp3) is 0.467. The van der Waals surface area contributed by atoms with E-state index in [1.807, 2.05) is 20.8 Å². The molecule has 0 amide bonds. The maximum atomic E-state index is 10.1. The minimum absolute atomic E-state index is 0. The van der Waals surface area contributed by atoms with Gasteiger partial charge in [0.15, 0.2) is 11.5 Å². The third-order valence-electron chi connectivity index (χ3n) is 2.51. The van der Waals surface area contributed by atoms with Gasteiger partial charge in [-0.05, 0) is 27.2 Å². The fourth-order valence-corrected chi connectivity index (χ4v) is 1.82. The molecule has 1 N–H and O–H groups in total. The van der Waals surface area contributed by atoms with Crippen molar-refractivity contribution in [1.82, 2.24) is 0 Å². The number of hydrogen-bond donors (Lipinski definition) is 1. The molecule has 4 nitrogen and oxygen atoms in total. The van der Waals surface area contributed by atoms with Crippen molar-refractivity contribution in [3.63, 3.8) is 0 Å². The van der Waals surface area contributed by atoms with Gasteiger partial charge in [-0.15, -0.1) is 6.58 Å². The van der Waals surface area contributed by atoms with Gasteiger partial charge in [0.25, 0.3) is 0 Å². The van der Waals surface area contributed by atoms with Crippen molar-refractivity contribution < 1.29 is 19.3 Å². The average Bonchev–Trinajstić information content (AvgIpc) is 2.38. The summed E-state index contributed by atoms with van der Waals surface area (Å²) in [5.41, 5.74) is 0.670. The first-order valence-electron chi connectivity index (χ1n) is 6.57. The van der Waals surface area contributed by atoms with Crippen LogP contribution in [-0.2, 0) is 6.42 Å². The number of benzene rings is 1. The zero-order chi connectivity index (χ0) is 14.3. The number of phenols is 1. The molecule has 0 heterocycles. The molecule has 1 aromatic carbocycles. The van der Waals surface area contributed by atoms with Crippen LogP contribution in [0.15, 0.2) is 18.7 Å². The van der Waals surface area contributed by atoms with Crippen LogP contribution < -0.4 is 14.2 Å². The first-order valence-corrected chi connectivity index (χ1v) is 6.57. The van der Waals surface area contributed by atoms with Gasteiger partial charge in [0.05, 0.1) is 19.8 Å². The third kappa shape index (κ3) is 4.62. The van der Waals surface area contributed by atoms with E-state index in [-0.39, 0.29) is 35.3 Å². The van der Waals surface area contributed by atoms with Crippen LogP contribution in [0.3, 0.4) is 0 Å². The molecule has 0 fully saturated rings. The molecule has 0 saturated heterocycles. The summed E-state index contributed by atoms with van der Waals surface area (Å²) in [5, 5.41) is 10.1. The monoisotopic (exact) mass is 290 g/mol. The van der Waals surface area contributed by atoms with Crippen LogP contribution in [0.4, 0.5) is 0 Å². The van der Waals surface area contributed by atoms with E-state index in [0.717, 1.165) is 0 Å².